The van der Waals surface area contributed by atoms with Gasteiger partial charge in [-0.15, -0.1) is 0 Å². The number of para-hydroxylation sites is 3. The van der Waals surface area contributed by atoms with Crippen molar-refractivity contribution in [3.63, 3.8) is 0 Å². The first-order chi connectivity index (χ1) is 25.8. The molecule has 0 fully saturated rings. The summed E-state index contributed by atoms with van der Waals surface area (Å²) in [5.74, 6) is 0. The van der Waals surface area contributed by atoms with Gasteiger partial charge in [-0.25, -0.2) is 0 Å². The van der Waals surface area contributed by atoms with Crippen LogP contribution in [0.15, 0.2) is 206 Å². The first-order valence-electron chi connectivity index (χ1n) is 17.9. The lowest BCUT2D eigenvalue weighted by atomic mass is 9.98. The number of hydrogen-bond acceptors (Lipinski definition) is 1. The highest BCUT2D eigenvalue weighted by Crippen LogP contribution is 2.43. The van der Waals surface area contributed by atoms with Crippen molar-refractivity contribution >= 4 is 60.4 Å². The van der Waals surface area contributed by atoms with Crippen molar-refractivity contribution in [3.8, 4) is 27.9 Å². The minimum atomic E-state index is 1.11. The van der Waals surface area contributed by atoms with E-state index in [9.17, 15) is 0 Å². The highest BCUT2D eigenvalue weighted by Gasteiger charge is 2.19. The Morgan fingerprint density at radius 3 is 1.75 bits per heavy atom. The van der Waals surface area contributed by atoms with Gasteiger partial charge < -0.3 is 9.47 Å². The molecule has 0 amide bonds. The van der Waals surface area contributed by atoms with E-state index in [-0.39, 0.29) is 0 Å². The summed E-state index contributed by atoms with van der Waals surface area (Å²) in [6.45, 7) is 0. The van der Waals surface area contributed by atoms with Gasteiger partial charge in [0.25, 0.3) is 0 Å². The van der Waals surface area contributed by atoms with Crippen molar-refractivity contribution in [2.75, 3.05) is 4.90 Å². The lowest BCUT2D eigenvalue weighted by molar-refractivity contribution is 1.18. The van der Waals surface area contributed by atoms with Gasteiger partial charge in [-0.3, -0.25) is 0 Å². The van der Waals surface area contributed by atoms with Crippen LogP contribution in [0.5, 0.6) is 0 Å². The van der Waals surface area contributed by atoms with Crippen LogP contribution in [0.25, 0.3) is 71.3 Å². The number of nitrogens with zero attached hydrogens (tertiary/aromatic N) is 2. The fraction of sp³-hybridized carbons (Fsp3) is 0. The van der Waals surface area contributed by atoms with E-state index in [1.165, 1.54) is 71.3 Å². The molecule has 244 valence electrons. The van der Waals surface area contributed by atoms with Gasteiger partial charge >= 0.3 is 0 Å². The molecule has 0 aliphatic rings. The summed E-state index contributed by atoms with van der Waals surface area (Å²) in [4.78, 5) is 2.37. The first-order valence-corrected chi connectivity index (χ1v) is 17.9. The maximum atomic E-state index is 2.44. The maximum Gasteiger partial charge on any atom is 0.0547 e. The van der Waals surface area contributed by atoms with Crippen molar-refractivity contribution in [2.24, 2.45) is 0 Å². The summed E-state index contributed by atoms with van der Waals surface area (Å²) in [6, 6.07) is 74.6. The van der Waals surface area contributed by atoms with Gasteiger partial charge in [-0.05, 0) is 92.8 Å². The SMILES string of the molecule is c1ccc(-c2ccccc2-n2c3ccccc3c3c4cc(N(c5ccccc5)c5ccc(-c6cccc7ccccc67)cc5)ccc4ccc32)cc1. The van der Waals surface area contributed by atoms with Crippen LogP contribution in [0.2, 0.25) is 0 Å². The fourth-order valence-electron chi connectivity index (χ4n) is 8.00. The Balaban J connectivity index is 1.17. The molecule has 0 radical (unpaired) electrons. The second-order valence-electron chi connectivity index (χ2n) is 13.3. The molecule has 10 rings (SSSR count). The summed E-state index contributed by atoms with van der Waals surface area (Å²) >= 11 is 0. The molecule has 0 unspecified atom stereocenters. The Hall–Kier alpha value is -6.90. The normalized spacial score (nSPS) is 11.5. The van der Waals surface area contributed by atoms with Gasteiger partial charge in [-0.2, -0.15) is 0 Å². The molecule has 0 spiro atoms. The molecular formula is C50H34N2. The number of anilines is 3. The lowest BCUT2D eigenvalue weighted by Gasteiger charge is -2.26. The van der Waals surface area contributed by atoms with Crippen molar-refractivity contribution in [1.82, 2.24) is 4.57 Å². The lowest BCUT2D eigenvalue weighted by Crippen LogP contribution is -2.09. The third-order valence-corrected chi connectivity index (χ3v) is 10.4. The largest absolute Gasteiger partial charge is 0.310 e. The molecule has 0 atom stereocenters. The third kappa shape index (κ3) is 4.96. The number of benzene rings is 9. The Morgan fingerprint density at radius 1 is 0.327 bits per heavy atom. The maximum absolute atomic E-state index is 2.44. The molecule has 2 heteroatoms. The van der Waals surface area contributed by atoms with Crippen molar-refractivity contribution in [2.45, 2.75) is 0 Å². The van der Waals surface area contributed by atoms with E-state index < -0.39 is 0 Å². The van der Waals surface area contributed by atoms with Gasteiger partial charge in [-0.1, -0.05) is 152 Å². The van der Waals surface area contributed by atoms with E-state index in [1.807, 2.05) is 0 Å². The molecule has 2 nitrogen and oxygen atoms in total. The minimum absolute atomic E-state index is 1.11. The van der Waals surface area contributed by atoms with Gasteiger partial charge in [0.2, 0.25) is 0 Å². The van der Waals surface area contributed by atoms with Crippen molar-refractivity contribution in [3.05, 3.63) is 206 Å². The van der Waals surface area contributed by atoms with Crippen LogP contribution in [0.3, 0.4) is 0 Å². The Morgan fingerprint density at radius 2 is 0.904 bits per heavy atom. The summed E-state index contributed by atoms with van der Waals surface area (Å²) in [5, 5.41) is 7.47. The van der Waals surface area contributed by atoms with Crippen LogP contribution in [-0.4, -0.2) is 4.57 Å². The predicted molar refractivity (Wildman–Crippen MR) is 221 cm³/mol. The number of aromatic nitrogens is 1. The molecule has 10 aromatic rings. The van der Waals surface area contributed by atoms with E-state index in [0.717, 1.165) is 17.1 Å². The van der Waals surface area contributed by atoms with E-state index >= 15 is 0 Å². The smallest absolute Gasteiger partial charge is 0.0547 e. The standard InChI is InChI=1S/C50H34N2/c1-3-14-36(15-4-1)44-21-9-11-24-47(44)52-48-25-12-10-22-45(48)50-46-34-41(32-28-38(46)29-33-49(50)52)51(39-18-5-2-6-19-39)40-30-26-37(27-31-40)43-23-13-17-35-16-7-8-20-42(35)43/h1-34H. The molecule has 0 saturated carbocycles. The Labute approximate surface area is 303 Å². The second-order valence-corrected chi connectivity index (χ2v) is 13.3. The van der Waals surface area contributed by atoms with Gasteiger partial charge in [0.05, 0.1) is 16.7 Å². The third-order valence-electron chi connectivity index (χ3n) is 10.4. The van der Waals surface area contributed by atoms with Crippen LogP contribution < -0.4 is 4.90 Å². The van der Waals surface area contributed by atoms with E-state index in [2.05, 4.69) is 216 Å². The number of hydrogen-bond donors (Lipinski definition) is 0. The number of fused-ring (bicyclic) bond motifs is 6. The molecule has 9 aromatic carbocycles. The molecule has 52 heavy (non-hydrogen) atoms. The van der Waals surface area contributed by atoms with Gasteiger partial charge in [0, 0.05) is 33.4 Å². The zero-order chi connectivity index (χ0) is 34.4. The summed E-state index contributed by atoms with van der Waals surface area (Å²) in [7, 11) is 0. The molecule has 0 bridgehead atoms. The molecule has 1 aromatic heterocycles. The van der Waals surface area contributed by atoms with Crippen LogP contribution in [0.4, 0.5) is 17.1 Å². The summed E-state index contributed by atoms with van der Waals surface area (Å²) < 4.78 is 2.44. The van der Waals surface area contributed by atoms with Crippen LogP contribution in [-0.2, 0) is 0 Å². The average Bonchev–Trinajstić information content (AvgIpc) is 3.56. The molecular weight excluding hydrogens is 629 g/mol. The molecule has 0 saturated heterocycles. The fourth-order valence-corrected chi connectivity index (χ4v) is 8.00. The van der Waals surface area contributed by atoms with Crippen LogP contribution in [0.1, 0.15) is 0 Å². The van der Waals surface area contributed by atoms with Crippen molar-refractivity contribution in [1.29, 1.82) is 0 Å². The van der Waals surface area contributed by atoms with E-state index in [1.54, 1.807) is 0 Å². The predicted octanol–water partition coefficient (Wildman–Crippen LogP) is 13.9. The van der Waals surface area contributed by atoms with E-state index in [4.69, 9.17) is 0 Å². The molecule has 0 N–H and O–H groups in total. The van der Waals surface area contributed by atoms with E-state index in [0.29, 0.717) is 0 Å². The number of rotatable bonds is 6. The van der Waals surface area contributed by atoms with Crippen molar-refractivity contribution < 1.29 is 0 Å². The highest BCUT2D eigenvalue weighted by atomic mass is 15.1. The zero-order valence-electron chi connectivity index (χ0n) is 28.5. The topological polar surface area (TPSA) is 8.17 Å². The quantitative estimate of drug-likeness (QED) is 0.172. The summed E-state index contributed by atoms with van der Waals surface area (Å²) in [6.07, 6.45) is 0. The highest BCUT2D eigenvalue weighted by molar-refractivity contribution is 6.22. The molecule has 1 heterocycles. The zero-order valence-corrected chi connectivity index (χ0v) is 28.5. The first kappa shape index (κ1) is 30.0. The van der Waals surface area contributed by atoms with Gasteiger partial charge in [0.1, 0.15) is 0 Å². The minimum Gasteiger partial charge on any atom is -0.310 e. The Kier molecular flexibility index (Phi) is 7.18. The monoisotopic (exact) mass is 662 g/mol. The second kappa shape index (κ2) is 12.5. The summed E-state index contributed by atoms with van der Waals surface area (Å²) in [5.41, 5.74) is 11.8. The average molecular weight is 663 g/mol. The van der Waals surface area contributed by atoms with Gasteiger partial charge in [0.15, 0.2) is 0 Å². The van der Waals surface area contributed by atoms with Crippen LogP contribution >= 0.6 is 0 Å². The Bertz CT molecular complexity index is 2880. The molecule has 0 aliphatic heterocycles. The molecule has 0 aliphatic carbocycles. The van der Waals surface area contributed by atoms with Crippen LogP contribution in [0, 0.1) is 0 Å².